The van der Waals surface area contributed by atoms with Gasteiger partial charge in [-0.25, -0.2) is 4.79 Å². The fourth-order valence-corrected chi connectivity index (χ4v) is 3.37. The van der Waals surface area contributed by atoms with E-state index in [4.69, 9.17) is 31.5 Å². The van der Waals surface area contributed by atoms with Crippen molar-refractivity contribution in [3.05, 3.63) is 57.6 Å². The van der Waals surface area contributed by atoms with Gasteiger partial charge in [0.25, 0.3) is 0 Å². The van der Waals surface area contributed by atoms with Gasteiger partial charge in [-0.3, -0.25) is 4.79 Å². The molecule has 0 fully saturated rings. The predicted octanol–water partition coefficient (Wildman–Crippen LogP) is 2.82. The minimum atomic E-state index is -0.626. The minimum Gasteiger partial charge on any atom is -0.460 e. The molecule has 0 saturated heterocycles. The zero-order valence-corrected chi connectivity index (χ0v) is 15.2. The lowest BCUT2D eigenvalue weighted by molar-refractivity contribution is -0.140. The normalized spacial score (nSPS) is 19.9. The van der Waals surface area contributed by atoms with E-state index in [1.54, 1.807) is 24.3 Å². The average Bonchev–Trinajstić information content (AvgIpc) is 2.61. The van der Waals surface area contributed by atoms with Crippen LogP contribution in [0.1, 0.15) is 30.7 Å². The van der Waals surface area contributed by atoms with Crippen LogP contribution < -0.4 is 5.73 Å². The zero-order chi connectivity index (χ0) is 18.7. The van der Waals surface area contributed by atoms with Crippen LogP contribution in [0.3, 0.4) is 0 Å². The van der Waals surface area contributed by atoms with Crippen LogP contribution in [0.25, 0.3) is 0 Å². The molecule has 1 aromatic rings. The molecule has 1 aliphatic carbocycles. The highest BCUT2D eigenvalue weighted by Crippen LogP contribution is 2.44. The number of carbonyl (C=O) groups excluding carboxylic acids is 2. The van der Waals surface area contributed by atoms with Crippen molar-refractivity contribution in [2.75, 3.05) is 20.3 Å². The quantitative estimate of drug-likeness (QED) is 0.627. The molecule has 0 spiro atoms. The summed E-state index contributed by atoms with van der Waals surface area (Å²) in [6.45, 7) is 0.345. The molecular formula is C19H20ClNO5. The molecule has 0 aromatic heterocycles. The number of benzene rings is 1. The van der Waals surface area contributed by atoms with Gasteiger partial charge in [0.1, 0.15) is 17.9 Å². The highest BCUT2D eigenvalue weighted by molar-refractivity contribution is 6.30. The van der Waals surface area contributed by atoms with Crippen LogP contribution in [0.4, 0.5) is 0 Å². The maximum Gasteiger partial charge on any atom is 0.340 e. The molecule has 0 saturated carbocycles. The van der Waals surface area contributed by atoms with Crippen LogP contribution in [-0.4, -0.2) is 32.1 Å². The van der Waals surface area contributed by atoms with E-state index in [9.17, 15) is 9.59 Å². The summed E-state index contributed by atoms with van der Waals surface area (Å²) in [5, 5.41) is 0.561. The van der Waals surface area contributed by atoms with Gasteiger partial charge in [-0.15, -0.1) is 0 Å². The zero-order valence-electron chi connectivity index (χ0n) is 14.4. The molecule has 0 unspecified atom stereocenters. The van der Waals surface area contributed by atoms with Crippen molar-refractivity contribution in [3.8, 4) is 0 Å². The van der Waals surface area contributed by atoms with Gasteiger partial charge in [-0.05, 0) is 24.1 Å². The molecule has 0 radical (unpaired) electrons. The molecule has 1 heterocycles. The van der Waals surface area contributed by atoms with Crippen LogP contribution in [0.2, 0.25) is 5.02 Å². The third-order valence-electron chi connectivity index (χ3n) is 4.43. The first-order valence-electron chi connectivity index (χ1n) is 8.38. The molecule has 1 atom stereocenters. The number of rotatable bonds is 5. The maximum absolute atomic E-state index is 12.7. The van der Waals surface area contributed by atoms with E-state index in [-0.39, 0.29) is 30.5 Å². The standard InChI is InChI=1S/C19H20ClNO5/c1-24-9-10-25-19(23)17-15(11-5-7-12(20)8-6-11)16-13(22)3-2-4-14(16)26-18(17)21/h5-8,15H,2-4,9-10,21H2,1H3/t15-/m1/s1. The first kappa shape index (κ1) is 18.5. The number of hydrogen-bond acceptors (Lipinski definition) is 6. The Hall–Kier alpha value is -2.31. The van der Waals surface area contributed by atoms with Crippen LogP contribution in [0.15, 0.2) is 47.1 Å². The van der Waals surface area contributed by atoms with Gasteiger partial charge in [0.2, 0.25) is 5.88 Å². The summed E-state index contributed by atoms with van der Waals surface area (Å²) < 4.78 is 15.8. The van der Waals surface area contributed by atoms with Crippen LogP contribution >= 0.6 is 11.6 Å². The van der Waals surface area contributed by atoms with Gasteiger partial charge < -0.3 is 19.9 Å². The SMILES string of the molecule is COCCOC(=O)C1=C(N)OC2=C(C(=O)CCC2)[C@H]1c1ccc(Cl)cc1. The van der Waals surface area contributed by atoms with E-state index in [1.807, 2.05) is 0 Å². The maximum atomic E-state index is 12.7. The summed E-state index contributed by atoms with van der Waals surface area (Å²) in [7, 11) is 1.51. The molecule has 6 nitrogen and oxygen atoms in total. The number of halogens is 1. The second-order valence-corrected chi connectivity index (χ2v) is 6.54. The molecule has 26 heavy (non-hydrogen) atoms. The molecule has 7 heteroatoms. The van der Waals surface area contributed by atoms with Crippen molar-refractivity contribution in [2.45, 2.75) is 25.2 Å². The number of nitrogens with two attached hydrogens (primary N) is 1. The van der Waals surface area contributed by atoms with Gasteiger partial charge >= 0.3 is 5.97 Å². The third kappa shape index (κ3) is 3.61. The summed E-state index contributed by atoms with van der Waals surface area (Å²) in [6, 6.07) is 6.98. The minimum absolute atomic E-state index is 0.0270. The van der Waals surface area contributed by atoms with Crippen LogP contribution in [0, 0.1) is 0 Å². The lowest BCUT2D eigenvalue weighted by Crippen LogP contribution is -2.31. The van der Waals surface area contributed by atoms with E-state index in [2.05, 4.69) is 0 Å². The molecular weight excluding hydrogens is 358 g/mol. The number of ketones is 1. The number of esters is 1. The van der Waals surface area contributed by atoms with Gasteiger partial charge in [0.15, 0.2) is 5.78 Å². The highest BCUT2D eigenvalue weighted by atomic mass is 35.5. The Morgan fingerprint density at radius 2 is 2.00 bits per heavy atom. The van der Waals surface area contributed by atoms with Crippen molar-refractivity contribution in [2.24, 2.45) is 5.73 Å². The summed E-state index contributed by atoms with van der Waals surface area (Å²) in [6.07, 6.45) is 1.72. The second kappa shape index (κ2) is 7.93. The number of Topliss-reactive ketones (excluding diaryl/α,β-unsaturated/α-hetero) is 1. The summed E-state index contributed by atoms with van der Waals surface area (Å²) >= 11 is 5.98. The lowest BCUT2D eigenvalue weighted by Gasteiger charge is -2.32. The smallest absolute Gasteiger partial charge is 0.340 e. The van der Waals surface area contributed by atoms with E-state index in [1.165, 1.54) is 7.11 Å². The van der Waals surface area contributed by atoms with Gasteiger partial charge in [-0.2, -0.15) is 0 Å². The number of carbonyl (C=O) groups is 2. The second-order valence-electron chi connectivity index (χ2n) is 6.11. The average molecular weight is 378 g/mol. The van der Waals surface area contributed by atoms with E-state index >= 15 is 0 Å². The number of ether oxygens (including phenoxy) is 3. The Labute approximate surface area is 156 Å². The van der Waals surface area contributed by atoms with Gasteiger partial charge in [-0.1, -0.05) is 23.7 Å². The Bertz CT molecular complexity index is 782. The summed E-state index contributed by atoms with van der Waals surface area (Å²) in [5.41, 5.74) is 7.40. The number of hydrogen-bond donors (Lipinski definition) is 1. The Morgan fingerprint density at radius 1 is 1.27 bits per heavy atom. The Kier molecular flexibility index (Phi) is 5.64. The fourth-order valence-electron chi connectivity index (χ4n) is 3.24. The van der Waals surface area contributed by atoms with E-state index in [0.29, 0.717) is 35.6 Å². The molecule has 1 aromatic carbocycles. The van der Waals surface area contributed by atoms with Crippen LogP contribution in [0.5, 0.6) is 0 Å². The molecule has 3 rings (SSSR count). The fraction of sp³-hybridized carbons (Fsp3) is 0.368. The first-order chi connectivity index (χ1) is 12.5. The van der Waals surface area contributed by atoms with Crippen molar-refractivity contribution in [3.63, 3.8) is 0 Å². The first-order valence-corrected chi connectivity index (χ1v) is 8.76. The number of allylic oxidation sites excluding steroid dienone is 2. The molecule has 2 aliphatic rings. The van der Waals surface area contributed by atoms with E-state index in [0.717, 1.165) is 5.56 Å². The van der Waals surface area contributed by atoms with Gasteiger partial charge in [0, 0.05) is 30.5 Å². The highest BCUT2D eigenvalue weighted by Gasteiger charge is 2.41. The predicted molar refractivity (Wildman–Crippen MR) is 95.2 cm³/mol. The Morgan fingerprint density at radius 3 is 2.69 bits per heavy atom. The van der Waals surface area contributed by atoms with Crippen molar-refractivity contribution >= 4 is 23.4 Å². The topological polar surface area (TPSA) is 87.8 Å². The summed E-state index contributed by atoms with van der Waals surface area (Å²) in [4.78, 5) is 25.3. The molecule has 0 bridgehead atoms. The molecule has 2 N–H and O–H groups in total. The molecule has 0 amide bonds. The van der Waals surface area contributed by atoms with Crippen molar-refractivity contribution in [1.82, 2.24) is 0 Å². The largest absolute Gasteiger partial charge is 0.460 e. The number of methoxy groups -OCH3 is 1. The van der Waals surface area contributed by atoms with Crippen molar-refractivity contribution < 1.29 is 23.8 Å². The Balaban J connectivity index is 2.04. The van der Waals surface area contributed by atoms with E-state index < -0.39 is 11.9 Å². The van der Waals surface area contributed by atoms with Crippen LogP contribution in [-0.2, 0) is 23.8 Å². The van der Waals surface area contributed by atoms with Crippen molar-refractivity contribution in [1.29, 1.82) is 0 Å². The monoisotopic (exact) mass is 377 g/mol. The lowest BCUT2D eigenvalue weighted by atomic mass is 9.77. The third-order valence-corrected chi connectivity index (χ3v) is 4.68. The molecule has 1 aliphatic heterocycles. The van der Waals surface area contributed by atoms with Gasteiger partial charge in [0.05, 0.1) is 12.5 Å². The summed E-state index contributed by atoms with van der Waals surface area (Å²) in [5.74, 6) is -0.780. The molecule has 138 valence electrons.